The predicted octanol–water partition coefficient (Wildman–Crippen LogP) is 4.72. The molecule has 1 amide bonds. The van der Waals surface area contributed by atoms with E-state index in [0.717, 1.165) is 22.9 Å². The molecule has 0 unspecified atom stereocenters. The Morgan fingerprint density at radius 2 is 1.70 bits per heavy atom. The summed E-state index contributed by atoms with van der Waals surface area (Å²) in [7, 11) is 0. The second-order valence-electron chi connectivity index (χ2n) is 5.45. The molecule has 0 spiro atoms. The molecule has 1 saturated carbocycles. The molecule has 0 saturated heterocycles. The van der Waals surface area contributed by atoms with Crippen LogP contribution in [0, 0.1) is 0 Å². The first-order valence-corrected chi connectivity index (χ1v) is 7.91. The van der Waals surface area contributed by atoms with Gasteiger partial charge in [-0.25, -0.2) is 0 Å². The van der Waals surface area contributed by atoms with Crippen molar-refractivity contribution in [1.29, 1.82) is 0 Å². The quantitative estimate of drug-likeness (QED) is 0.813. The van der Waals surface area contributed by atoms with Crippen LogP contribution in [0.3, 0.4) is 0 Å². The number of anilines is 1. The first kappa shape index (κ1) is 15.9. The van der Waals surface area contributed by atoms with Crippen LogP contribution in [0.2, 0.25) is 0 Å². The molecule has 3 nitrogen and oxygen atoms in total. The molecule has 0 radical (unpaired) electrons. The molecular formula is C17H14BrF2NO2. The molecule has 120 valence electrons. The summed E-state index contributed by atoms with van der Waals surface area (Å²) in [5.74, 6) is -0.0191. The summed E-state index contributed by atoms with van der Waals surface area (Å²) >= 11 is 3.38. The van der Waals surface area contributed by atoms with Gasteiger partial charge in [0.15, 0.2) is 0 Å². The third-order valence-corrected chi connectivity index (χ3v) is 4.45. The van der Waals surface area contributed by atoms with Gasteiger partial charge in [0.1, 0.15) is 5.75 Å². The van der Waals surface area contributed by atoms with Crippen LogP contribution >= 0.6 is 15.9 Å². The van der Waals surface area contributed by atoms with E-state index in [-0.39, 0.29) is 11.7 Å². The van der Waals surface area contributed by atoms with Crippen molar-refractivity contribution in [3.63, 3.8) is 0 Å². The maximum atomic E-state index is 12.6. The smallest absolute Gasteiger partial charge is 0.387 e. The first-order chi connectivity index (χ1) is 11.0. The zero-order chi connectivity index (χ0) is 16.4. The van der Waals surface area contributed by atoms with Crippen LogP contribution < -0.4 is 10.1 Å². The van der Waals surface area contributed by atoms with Gasteiger partial charge < -0.3 is 10.1 Å². The molecular weight excluding hydrogens is 368 g/mol. The molecule has 0 atom stereocenters. The van der Waals surface area contributed by atoms with Gasteiger partial charge >= 0.3 is 6.61 Å². The van der Waals surface area contributed by atoms with E-state index in [1.807, 2.05) is 24.3 Å². The molecule has 3 rings (SSSR count). The fourth-order valence-electron chi connectivity index (χ4n) is 2.51. The van der Waals surface area contributed by atoms with Gasteiger partial charge in [-0.3, -0.25) is 4.79 Å². The maximum absolute atomic E-state index is 12.6. The summed E-state index contributed by atoms with van der Waals surface area (Å²) in [5.41, 5.74) is 1.05. The Balaban J connectivity index is 1.70. The molecule has 1 aliphatic carbocycles. The van der Waals surface area contributed by atoms with Gasteiger partial charge in [0, 0.05) is 10.2 Å². The summed E-state index contributed by atoms with van der Waals surface area (Å²) in [5, 5.41) is 2.84. The van der Waals surface area contributed by atoms with Crippen LogP contribution in [0.5, 0.6) is 5.75 Å². The highest BCUT2D eigenvalue weighted by Gasteiger charge is 2.51. The standard InChI is InChI=1S/C17H14BrF2NO2/c18-12-3-1-11(2-4-12)17(9-10-17)15(22)21-13-5-7-14(8-6-13)23-16(19)20/h1-8,16H,9-10H2,(H,21,22). The molecule has 1 N–H and O–H groups in total. The van der Waals surface area contributed by atoms with Crippen LogP contribution in [0.4, 0.5) is 14.5 Å². The number of ether oxygens (including phenoxy) is 1. The van der Waals surface area contributed by atoms with Gasteiger partial charge in [-0.05, 0) is 54.8 Å². The Labute approximate surface area is 140 Å². The molecule has 6 heteroatoms. The fourth-order valence-corrected chi connectivity index (χ4v) is 2.78. The number of hydrogen-bond acceptors (Lipinski definition) is 2. The summed E-state index contributed by atoms with van der Waals surface area (Å²) in [6.45, 7) is -2.86. The Morgan fingerprint density at radius 1 is 1.09 bits per heavy atom. The number of rotatable bonds is 5. The van der Waals surface area contributed by atoms with E-state index in [4.69, 9.17) is 0 Å². The average Bonchev–Trinajstić information content (AvgIpc) is 3.31. The van der Waals surface area contributed by atoms with Gasteiger partial charge in [-0.1, -0.05) is 28.1 Å². The number of carbonyl (C=O) groups excluding carboxylic acids is 1. The summed E-state index contributed by atoms with van der Waals surface area (Å²) < 4.78 is 29.5. The molecule has 0 aliphatic heterocycles. The monoisotopic (exact) mass is 381 g/mol. The highest BCUT2D eigenvalue weighted by Crippen LogP contribution is 2.49. The van der Waals surface area contributed by atoms with Crippen molar-refractivity contribution in [1.82, 2.24) is 0 Å². The minimum atomic E-state index is -2.86. The van der Waals surface area contributed by atoms with E-state index >= 15 is 0 Å². The third kappa shape index (κ3) is 3.52. The van der Waals surface area contributed by atoms with Crippen molar-refractivity contribution in [2.24, 2.45) is 0 Å². The zero-order valence-corrected chi connectivity index (χ0v) is 13.6. The number of nitrogens with one attached hydrogen (secondary N) is 1. The molecule has 2 aromatic rings. The van der Waals surface area contributed by atoms with Gasteiger partial charge in [0.05, 0.1) is 5.41 Å². The lowest BCUT2D eigenvalue weighted by Crippen LogP contribution is -2.27. The number of carbonyl (C=O) groups is 1. The lowest BCUT2D eigenvalue weighted by atomic mass is 9.95. The van der Waals surface area contributed by atoms with E-state index in [1.54, 1.807) is 12.1 Å². The van der Waals surface area contributed by atoms with Crippen molar-refractivity contribution in [2.75, 3.05) is 5.32 Å². The van der Waals surface area contributed by atoms with Crippen molar-refractivity contribution >= 4 is 27.5 Å². The number of hydrogen-bond donors (Lipinski definition) is 1. The van der Waals surface area contributed by atoms with E-state index in [0.29, 0.717) is 5.69 Å². The van der Waals surface area contributed by atoms with E-state index < -0.39 is 12.0 Å². The van der Waals surface area contributed by atoms with Gasteiger partial charge in [-0.15, -0.1) is 0 Å². The normalized spacial score (nSPS) is 15.3. The van der Waals surface area contributed by atoms with Gasteiger partial charge in [0.25, 0.3) is 0 Å². The lowest BCUT2D eigenvalue weighted by molar-refractivity contribution is -0.118. The summed E-state index contributed by atoms with van der Waals surface area (Å²) in [6, 6.07) is 13.6. The van der Waals surface area contributed by atoms with E-state index in [1.165, 1.54) is 12.1 Å². The highest BCUT2D eigenvalue weighted by molar-refractivity contribution is 9.10. The average molecular weight is 382 g/mol. The van der Waals surface area contributed by atoms with Crippen LogP contribution in [0.1, 0.15) is 18.4 Å². The highest BCUT2D eigenvalue weighted by atomic mass is 79.9. The zero-order valence-electron chi connectivity index (χ0n) is 12.1. The summed E-state index contributed by atoms with van der Waals surface area (Å²) in [4.78, 5) is 12.6. The Bertz CT molecular complexity index is 698. The fraction of sp³-hybridized carbons (Fsp3) is 0.235. The van der Waals surface area contributed by atoms with Crippen molar-refractivity contribution in [2.45, 2.75) is 24.9 Å². The number of halogens is 3. The lowest BCUT2D eigenvalue weighted by Gasteiger charge is -2.16. The van der Waals surface area contributed by atoms with E-state index in [9.17, 15) is 13.6 Å². The predicted molar refractivity (Wildman–Crippen MR) is 86.8 cm³/mol. The van der Waals surface area contributed by atoms with Gasteiger partial charge in [0.2, 0.25) is 5.91 Å². The SMILES string of the molecule is O=C(Nc1ccc(OC(F)F)cc1)C1(c2ccc(Br)cc2)CC1. The van der Waals surface area contributed by atoms with Crippen LogP contribution in [0.25, 0.3) is 0 Å². The number of alkyl halides is 2. The molecule has 23 heavy (non-hydrogen) atoms. The van der Waals surface area contributed by atoms with Crippen LogP contribution in [-0.2, 0) is 10.2 Å². The molecule has 2 aromatic carbocycles. The first-order valence-electron chi connectivity index (χ1n) is 7.12. The Hall–Kier alpha value is -1.95. The minimum Gasteiger partial charge on any atom is -0.435 e. The Morgan fingerprint density at radius 3 is 2.22 bits per heavy atom. The second-order valence-corrected chi connectivity index (χ2v) is 6.36. The number of benzene rings is 2. The van der Waals surface area contributed by atoms with Crippen LogP contribution in [-0.4, -0.2) is 12.5 Å². The minimum absolute atomic E-state index is 0.0621. The topological polar surface area (TPSA) is 38.3 Å². The maximum Gasteiger partial charge on any atom is 0.387 e. The van der Waals surface area contributed by atoms with Gasteiger partial charge in [-0.2, -0.15) is 8.78 Å². The summed E-state index contributed by atoms with van der Waals surface area (Å²) in [6.07, 6.45) is 1.60. The third-order valence-electron chi connectivity index (χ3n) is 3.92. The van der Waals surface area contributed by atoms with E-state index in [2.05, 4.69) is 26.0 Å². The van der Waals surface area contributed by atoms with Crippen molar-refractivity contribution in [3.05, 3.63) is 58.6 Å². The van der Waals surface area contributed by atoms with Crippen LogP contribution in [0.15, 0.2) is 53.0 Å². The molecule has 1 fully saturated rings. The molecule has 0 bridgehead atoms. The molecule has 0 aromatic heterocycles. The largest absolute Gasteiger partial charge is 0.435 e. The second kappa shape index (κ2) is 6.28. The Kier molecular flexibility index (Phi) is 4.35. The molecule has 1 aliphatic rings. The van der Waals surface area contributed by atoms with Crippen molar-refractivity contribution < 1.29 is 18.3 Å². The number of amides is 1. The van der Waals surface area contributed by atoms with Crippen molar-refractivity contribution in [3.8, 4) is 5.75 Å². The molecule has 0 heterocycles.